The van der Waals surface area contributed by atoms with Crippen molar-refractivity contribution >= 4 is 11.4 Å². The Morgan fingerprint density at radius 3 is 2.60 bits per heavy atom. The Morgan fingerprint density at radius 1 is 1.13 bits per heavy atom. The first kappa shape index (κ1) is 21.6. The summed E-state index contributed by atoms with van der Waals surface area (Å²) in [4.78, 5) is 0. The van der Waals surface area contributed by atoms with Crippen LogP contribution in [0.5, 0.6) is 5.75 Å². The molecule has 0 saturated carbocycles. The van der Waals surface area contributed by atoms with Crippen molar-refractivity contribution in [1.29, 1.82) is 0 Å². The number of hydrogen-bond donors (Lipinski definition) is 1. The van der Waals surface area contributed by atoms with Gasteiger partial charge in [0.05, 0.1) is 12.2 Å². The van der Waals surface area contributed by atoms with Gasteiger partial charge in [0.2, 0.25) is 0 Å². The van der Waals surface area contributed by atoms with Gasteiger partial charge in [0.1, 0.15) is 18.2 Å². The highest BCUT2D eigenvalue weighted by Gasteiger charge is 2.38. The lowest BCUT2D eigenvalue weighted by Crippen LogP contribution is -2.36. The Labute approximate surface area is 178 Å². The number of rotatable bonds is 9. The van der Waals surface area contributed by atoms with E-state index < -0.39 is 5.60 Å². The molecule has 0 spiro atoms. The van der Waals surface area contributed by atoms with Crippen molar-refractivity contribution in [1.82, 2.24) is 0 Å². The van der Waals surface area contributed by atoms with Crippen molar-refractivity contribution in [2.24, 2.45) is 0 Å². The van der Waals surface area contributed by atoms with E-state index in [1.807, 2.05) is 32.0 Å². The second-order valence-electron chi connectivity index (χ2n) is 7.66. The van der Waals surface area contributed by atoms with Crippen molar-refractivity contribution in [3.05, 3.63) is 65.2 Å². The van der Waals surface area contributed by atoms with Gasteiger partial charge in [-0.15, -0.1) is 6.42 Å². The van der Waals surface area contributed by atoms with Crippen LogP contribution in [0.4, 0.5) is 10.1 Å². The van der Waals surface area contributed by atoms with Gasteiger partial charge in [-0.05, 0) is 56.2 Å². The van der Waals surface area contributed by atoms with Crippen molar-refractivity contribution in [2.45, 2.75) is 45.8 Å². The molecule has 158 valence electrons. The van der Waals surface area contributed by atoms with E-state index in [1.54, 1.807) is 12.1 Å². The van der Waals surface area contributed by atoms with Crippen LogP contribution in [0.1, 0.15) is 44.7 Å². The number of halogens is 1. The molecule has 0 aliphatic carbocycles. The van der Waals surface area contributed by atoms with Crippen LogP contribution in [0.15, 0.2) is 48.2 Å². The minimum absolute atomic E-state index is 0.139. The molecular formula is C25H28FNO3. The van der Waals surface area contributed by atoms with Crippen LogP contribution in [0.2, 0.25) is 0 Å². The molecule has 5 heteroatoms. The highest BCUT2D eigenvalue weighted by molar-refractivity contribution is 5.74. The van der Waals surface area contributed by atoms with Gasteiger partial charge >= 0.3 is 0 Å². The molecule has 2 aromatic carbocycles. The fraction of sp³-hybridized carbons (Fsp3) is 0.360. The van der Waals surface area contributed by atoms with E-state index in [9.17, 15) is 4.39 Å². The molecule has 0 unspecified atom stereocenters. The van der Waals surface area contributed by atoms with E-state index in [4.69, 9.17) is 20.6 Å². The van der Waals surface area contributed by atoms with Crippen LogP contribution in [0.25, 0.3) is 5.76 Å². The zero-order valence-corrected chi connectivity index (χ0v) is 17.8. The molecule has 0 radical (unpaired) electrons. The Kier molecular flexibility index (Phi) is 6.89. The lowest BCUT2D eigenvalue weighted by Gasteiger charge is -2.35. The molecule has 3 rings (SSSR count). The van der Waals surface area contributed by atoms with Gasteiger partial charge in [0, 0.05) is 12.2 Å². The molecule has 1 N–H and O–H groups in total. The third kappa shape index (κ3) is 5.07. The van der Waals surface area contributed by atoms with Crippen molar-refractivity contribution < 1.29 is 18.6 Å². The van der Waals surface area contributed by atoms with Crippen LogP contribution in [-0.2, 0) is 16.0 Å². The molecule has 0 amide bonds. The largest absolute Gasteiger partial charge is 0.489 e. The highest BCUT2D eigenvalue weighted by atomic mass is 19.1. The average Bonchev–Trinajstić information content (AvgIpc) is 2.72. The van der Waals surface area contributed by atoms with Gasteiger partial charge in [-0.1, -0.05) is 31.4 Å². The van der Waals surface area contributed by atoms with E-state index in [0.29, 0.717) is 24.7 Å². The maximum absolute atomic E-state index is 13.1. The molecule has 4 nitrogen and oxygen atoms in total. The van der Waals surface area contributed by atoms with Gasteiger partial charge in [-0.3, -0.25) is 0 Å². The van der Waals surface area contributed by atoms with E-state index >= 15 is 0 Å². The standard InChI is InChI=1S/C25H28FNO3/c1-5-7-15-28-23-21-16-20(27-17-18-8-10-19(26)11-9-18)12-13-22(21)30-25(3,4)24(23)29-14-6-2/h2,8-13,16,27H,5,7,14-15,17H2,1,3-4H3. The summed E-state index contributed by atoms with van der Waals surface area (Å²) in [5.41, 5.74) is 2.00. The predicted molar refractivity (Wildman–Crippen MR) is 117 cm³/mol. The Balaban J connectivity index is 1.90. The molecule has 0 bridgehead atoms. The first-order chi connectivity index (χ1) is 14.4. The van der Waals surface area contributed by atoms with Crippen LogP contribution in [0.3, 0.4) is 0 Å². The SMILES string of the molecule is C#CCOC1=C(OCCCC)c2cc(NCc3ccc(F)cc3)ccc2OC1(C)C. The maximum atomic E-state index is 13.1. The smallest absolute Gasteiger partial charge is 0.183 e. The van der Waals surface area contributed by atoms with Crippen molar-refractivity contribution in [3.63, 3.8) is 0 Å². The number of nitrogens with one attached hydrogen (secondary N) is 1. The van der Waals surface area contributed by atoms with Gasteiger partial charge in [-0.25, -0.2) is 4.39 Å². The molecule has 1 heterocycles. The number of hydrogen-bond acceptors (Lipinski definition) is 4. The van der Waals surface area contributed by atoms with Gasteiger partial charge in [0.25, 0.3) is 0 Å². The molecule has 2 aromatic rings. The van der Waals surface area contributed by atoms with Crippen LogP contribution in [0, 0.1) is 18.2 Å². The summed E-state index contributed by atoms with van der Waals surface area (Å²) in [6, 6.07) is 12.3. The molecule has 0 saturated heterocycles. The molecule has 0 aromatic heterocycles. The average molecular weight is 410 g/mol. The van der Waals surface area contributed by atoms with Crippen LogP contribution < -0.4 is 10.1 Å². The topological polar surface area (TPSA) is 39.7 Å². The minimum atomic E-state index is -0.700. The van der Waals surface area contributed by atoms with Crippen molar-refractivity contribution in [2.75, 3.05) is 18.5 Å². The minimum Gasteiger partial charge on any atom is -0.489 e. The summed E-state index contributed by atoms with van der Waals surface area (Å²) >= 11 is 0. The van der Waals surface area contributed by atoms with Gasteiger partial charge < -0.3 is 19.5 Å². The Bertz CT molecular complexity index is 942. The maximum Gasteiger partial charge on any atom is 0.183 e. The van der Waals surface area contributed by atoms with Crippen molar-refractivity contribution in [3.8, 4) is 18.1 Å². The summed E-state index contributed by atoms with van der Waals surface area (Å²) in [5.74, 6) is 4.26. The van der Waals surface area contributed by atoms with E-state index in [0.717, 1.165) is 35.4 Å². The molecule has 0 atom stereocenters. The second-order valence-corrected chi connectivity index (χ2v) is 7.66. The number of ether oxygens (including phenoxy) is 3. The predicted octanol–water partition coefficient (Wildman–Crippen LogP) is 5.74. The third-order valence-corrected chi connectivity index (χ3v) is 4.80. The summed E-state index contributed by atoms with van der Waals surface area (Å²) < 4.78 is 31.3. The monoisotopic (exact) mass is 409 g/mol. The fourth-order valence-corrected chi connectivity index (χ4v) is 3.24. The fourth-order valence-electron chi connectivity index (χ4n) is 3.24. The lowest BCUT2D eigenvalue weighted by molar-refractivity contribution is 0.0548. The summed E-state index contributed by atoms with van der Waals surface area (Å²) in [7, 11) is 0. The number of fused-ring (bicyclic) bond motifs is 1. The van der Waals surface area contributed by atoms with E-state index in [2.05, 4.69) is 18.2 Å². The first-order valence-corrected chi connectivity index (χ1v) is 10.2. The van der Waals surface area contributed by atoms with Gasteiger partial charge in [0.15, 0.2) is 17.1 Å². The highest BCUT2D eigenvalue weighted by Crippen LogP contribution is 2.43. The summed E-state index contributed by atoms with van der Waals surface area (Å²) in [6.07, 6.45) is 7.37. The summed E-state index contributed by atoms with van der Waals surface area (Å²) in [5, 5.41) is 3.37. The molecule has 1 aliphatic rings. The molecule has 30 heavy (non-hydrogen) atoms. The molecule has 0 fully saturated rings. The number of terminal acetylenes is 1. The van der Waals surface area contributed by atoms with Crippen LogP contribution >= 0.6 is 0 Å². The third-order valence-electron chi connectivity index (χ3n) is 4.80. The van der Waals surface area contributed by atoms with Gasteiger partial charge in [-0.2, -0.15) is 0 Å². The number of anilines is 1. The quantitative estimate of drug-likeness (QED) is 0.423. The Hall–Kier alpha value is -3.13. The normalized spacial score (nSPS) is 14.4. The first-order valence-electron chi connectivity index (χ1n) is 10.2. The molecular weight excluding hydrogens is 381 g/mol. The zero-order chi connectivity index (χ0) is 21.6. The molecule has 1 aliphatic heterocycles. The number of unbranched alkanes of at least 4 members (excludes halogenated alkanes) is 1. The zero-order valence-electron chi connectivity index (χ0n) is 17.8. The summed E-state index contributed by atoms with van der Waals surface area (Å²) in [6.45, 7) is 7.28. The van der Waals surface area contributed by atoms with E-state index in [-0.39, 0.29) is 12.4 Å². The number of benzene rings is 2. The second kappa shape index (κ2) is 9.58. The van der Waals surface area contributed by atoms with E-state index in [1.165, 1.54) is 12.1 Å². The lowest BCUT2D eigenvalue weighted by atomic mass is 9.97. The van der Waals surface area contributed by atoms with Crippen LogP contribution in [-0.4, -0.2) is 18.8 Å². The Morgan fingerprint density at radius 2 is 1.90 bits per heavy atom.